The van der Waals surface area contributed by atoms with Crippen molar-refractivity contribution in [3.63, 3.8) is 0 Å². The first kappa shape index (κ1) is 19.3. The summed E-state index contributed by atoms with van der Waals surface area (Å²) < 4.78 is 0. The lowest BCUT2D eigenvalue weighted by Gasteiger charge is -2.31. The molecular formula is C18H23N3O5S. The first-order valence-electron chi connectivity index (χ1n) is 9.08. The SMILES string of the molecule is C[C@H](NC(=O)c1cccs1)C(=O)N1CCC[C@H]1C(=O)N1CCC[C@H]1C(=O)O. The molecule has 27 heavy (non-hydrogen) atoms. The monoisotopic (exact) mass is 393 g/mol. The number of likely N-dealkylation sites (tertiary alicyclic amines) is 2. The first-order valence-corrected chi connectivity index (χ1v) is 9.96. The van der Waals surface area contributed by atoms with Gasteiger partial charge in [-0.05, 0) is 44.1 Å². The van der Waals surface area contributed by atoms with Crippen LogP contribution in [0.4, 0.5) is 0 Å². The highest BCUT2D eigenvalue weighted by Gasteiger charge is 2.42. The Morgan fingerprint density at radius 3 is 2.44 bits per heavy atom. The second-order valence-electron chi connectivity index (χ2n) is 6.89. The van der Waals surface area contributed by atoms with Crippen LogP contribution < -0.4 is 5.32 Å². The molecule has 2 saturated heterocycles. The maximum absolute atomic E-state index is 12.9. The van der Waals surface area contributed by atoms with Crippen molar-refractivity contribution < 1.29 is 24.3 Å². The normalized spacial score (nSPS) is 23.3. The average Bonchev–Trinajstić information content (AvgIpc) is 3.41. The van der Waals surface area contributed by atoms with Crippen LogP contribution in [0.2, 0.25) is 0 Å². The fourth-order valence-corrected chi connectivity index (χ4v) is 4.38. The molecule has 0 radical (unpaired) electrons. The highest BCUT2D eigenvalue weighted by molar-refractivity contribution is 7.12. The van der Waals surface area contributed by atoms with Gasteiger partial charge in [0.2, 0.25) is 11.8 Å². The number of rotatable bonds is 5. The molecule has 0 unspecified atom stereocenters. The minimum Gasteiger partial charge on any atom is -0.480 e. The summed E-state index contributed by atoms with van der Waals surface area (Å²) in [6.07, 6.45) is 2.28. The first-order chi connectivity index (χ1) is 12.9. The molecule has 0 aromatic carbocycles. The van der Waals surface area contributed by atoms with E-state index in [1.165, 1.54) is 21.1 Å². The number of amides is 3. The molecule has 2 aliphatic rings. The van der Waals surface area contributed by atoms with Gasteiger partial charge in [-0.1, -0.05) is 6.07 Å². The number of thiophene rings is 1. The molecule has 2 fully saturated rings. The molecule has 2 aliphatic heterocycles. The number of hydrogen-bond acceptors (Lipinski definition) is 5. The summed E-state index contributed by atoms with van der Waals surface area (Å²) in [4.78, 5) is 52.6. The Hall–Kier alpha value is -2.42. The zero-order chi connectivity index (χ0) is 19.6. The Morgan fingerprint density at radius 1 is 1.15 bits per heavy atom. The van der Waals surface area contributed by atoms with Crippen molar-refractivity contribution in [1.29, 1.82) is 0 Å². The molecule has 8 nitrogen and oxygen atoms in total. The van der Waals surface area contributed by atoms with Crippen molar-refractivity contribution in [1.82, 2.24) is 15.1 Å². The number of carbonyl (C=O) groups is 4. The molecule has 0 bridgehead atoms. The van der Waals surface area contributed by atoms with Gasteiger partial charge < -0.3 is 20.2 Å². The number of carboxylic acids is 1. The van der Waals surface area contributed by atoms with Crippen LogP contribution in [-0.2, 0) is 14.4 Å². The lowest BCUT2D eigenvalue weighted by atomic mass is 10.1. The zero-order valence-corrected chi connectivity index (χ0v) is 15.9. The van der Waals surface area contributed by atoms with Crippen LogP contribution in [0.3, 0.4) is 0 Å². The smallest absolute Gasteiger partial charge is 0.326 e. The molecule has 0 saturated carbocycles. The van der Waals surface area contributed by atoms with Crippen molar-refractivity contribution in [2.45, 2.75) is 50.7 Å². The topological polar surface area (TPSA) is 107 Å². The van der Waals surface area contributed by atoms with Crippen molar-refractivity contribution in [3.8, 4) is 0 Å². The summed E-state index contributed by atoms with van der Waals surface area (Å²) in [6.45, 7) is 2.43. The number of nitrogens with one attached hydrogen (secondary N) is 1. The number of carboxylic acid groups (broad SMARTS) is 1. The lowest BCUT2D eigenvalue weighted by Crippen LogP contribution is -2.54. The van der Waals surface area contributed by atoms with Gasteiger partial charge in [0.15, 0.2) is 0 Å². The summed E-state index contributed by atoms with van der Waals surface area (Å²) in [5, 5.41) is 13.8. The van der Waals surface area contributed by atoms with E-state index in [2.05, 4.69) is 5.32 Å². The second kappa shape index (κ2) is 8.08. The average molecular weight is 393 g/mol. The van der Waals surface area contributed by atoms with Crippen LogP contribution in [0.25, 0.3) is 0 Å². The van der Waals surface area contributed by atoms with E-state index >= 15 is 0 Å². The molecule has 2 N–H and O–H groups in total. The molecule has 0 spiro atoms. The minimum atomic E-state index is -1.01. The van der Waals surface area contributed by atoms with Crippen molar-refractivity contribution in [3.05, 3.63) is 22.4 Å². The highest BCUT2D eigenvalue weighted by atomic mass is 32.1. The van der Waals surface area contributed by atoms with Gasteiger partial charge in [-0.15, -0.1) is 11.3 Å². The maximum atomic E-state index is 12.9. The van der Waals surface area contributed by atoms with E-state index < -0.39 is 24.1 Å². The molecule has 3 amide bonds. The van der Waals surface area contributed by atoms with Crippen LogP contribution >= 0.6 is 11.3 Å². The van der Waals surface area contributed by atoms with E-state index in [1.54, 1.807) is 24.4 Å². The van der Waals surface area contributed by atoms with Gasteiger partial charge in [0.25, 0.3) is 5.91 Å². The molecule has 1 aromatic heterocycles. The fraction of sp³-hybridized carbons (Fsp3) is 0.556. The molecule has 3 rings (SSSR count). The summed E-state index contributed by atoms with van der Waals surface area (Å²) in [5.41, 5.74) is 0. The Kier molecular flexibility index (Phi) is 5.79. The fourth-order valence-electron chi connectivity index (χ4n) is 3.75. The minimum absolute atomic E-state index is 0.303. The number of hydrogen-bond donors (Lipinski definition) is 2. The summed E-state index contributed by atoms with van der Waals surface area (Å²) in [5.74, 6) is -1.95. The summed E-state index contributed by atoms with van der Waals surface area (Å²) >= 11 is 1.29. The third-order valence-electron chi connectivity index (χ3n) is 5.10. The van der Waals surface area contributed by atoms with E-state index in [-0.39, 0.29) is 17.7 Å². The third-order valence-corrected chi connectivity index (χ3v) is 5.97. The van der Waals surface area contributed by atoms with Gasteiger partial charge in [0.05, 0.1) is 4.88 Å². The van der Waals surface area contributed by atoms with Gasteiger partial charge in [-0.25, -0.2) is 4.79 Å². The predicted octanol–water partition coefficient (Wildman–Crippen LogP) is 0.933. The Bertz CT molecular complexity index is 735. The van der Waals surface area contributed by atoms with E-state index in [1.807, 2.05) is 0 Å². The number of carbonyl (C=O) groups excluding carboxylic acids is 3. The van der Waals surface area contributed by atoms with Crippen molar-refractivity contribution in [2.75, 3.05) is 13.1 Å². The van der Waals surface area contributed by atoms with Gasteiger partial charge in [-0.3, -0.25) is 14.4 Å². The van der Waals surface area contributed by atoms with Crippen LogP contribution in [0.1, 0.15) is 42.3 Å². The summed E-state index contributed by atoms with van der Waals surface area (Å²) in [6, 6.07) is 1.21. The van der Waals surface area contributed by atoms with Gasteiger partial charge in [0.1, 0.15) is 18.1 Å². The highest BCUT2D eigenvalue weighted by Crippen LogP contribution is 2.25. The largest absolute Gasteiger partial charge is 0.480 e. The van der Waals surface area contributed by atoms with Crippen molar-refractivity contribution in [2.24, 2.45) is 0 Å². The van der Waals surface area contributed by atoms with Crippen LogP contribution in [0.5, 0.6) is 0 Å². The lowest BCUT2D eigenvalue weighted by molar-refractivity contribution is -0.152. The number of nitrogens with zero attached hydrogens (tertiary/aromatic N) is 2. The van der Waals surface area contributed by atoms with Crippen LogP contribution in [-0.4, -0.2) is 69.8 Å². The second-order valence-corrected chi connectivity index (χ2v) is 7.84. The molecule has 146 valence electrons. The Labute approximate surface area is 161 Å². The molecule has 3 atom stereocenters. The molecular weight excluding hydrogens is 370 g/mol. The third kappa shape index (κ3) is 3.97. The van der Waals surface area contributed by atoms with E-state index in [4.69, 9.17) is 0 Å². The zero-order valence-electron chi connectivity index (χ0n) is 15.1. The van der Waals surface area contributed by atoms with Crippen LogP contribution in [0, 0.1) is 0 Å². The van der Waals surface area contributed by atoms with Gasteiger partial charge in [-0.2, -0.15) is 0 Å². The standard InChI is InChI=1S/C18H23N3O5S/c1-11(19-15(22)14-7-4-10-27-14)16(23)20-8-2-5-12(20)17(24)21-9-3-6-13(21)18(25)26/h4,7,10-13H,2-3,5-6,8-9H2,1H3,(H,19,22)(H,25,26)/t11-,12-,13-/m0/s1. The van der Waals surface area contributed by atoms with E-state index in [0.717, 1.165) is 0 Å². The van der Waals surface area contributed by atoms with Gasteiger partial charge >= 0.3 is 5.97 Å². The van der Waals surface area contributed by atoms with Gasteiger partial charge in [0, 0.05) is 13.1 Å². The van der Waals surface area contributed by atoms with Crippen molar-refractivity contribution >= 4 is 35.0 Å². The predicted molar refractivity (Wildman–Crippen MR) is 98.4 cm³/mol. The van der Waals surface area contributed by atoms with E-state index in [9.17, 15) is 24.3 Å². The maximum Gasteiger partial charge on any atom is 0.326 e. The Balaban J connectivity index is 1.66. The molecule has 3 heterocycles. The molecule has 0 aliphatic carbocycles. The molecule has 9 heteroatoms. The number of aliphatic carboxylic acids is 1. The summed E-state index contributed by atoms with van der Waals surface area (Å²) in [7, 11) is 0. The molecule has 1 aromatic rings. The van der Waals surface area contributed by atoms with Crippen LogP contribution in [0.15, 0.2) is 17.5 Å². The quantitative estimate of drug-likeness (QED) is 0.774. The Morgan fingerprint density at radius 2 is 1.81 bits per heavy atom. The van der Waals surface area contributed by atoms with E-state index in [0.29, 0.717) is 43.6 Å².